The van der Waals surface area contributed by atoms with Gasteiger partial charge in [0.05, 0.1) is 26.0 Å². The lowest BCUT2D eigenvalue weighted by Crippen LogP contribution is -2.45. The summed E-state index contributed by atoms with van der Waals surface area (Å²) in [5.41, 5.74) is 5.99. The molecule has 4 rings (SSSR count). The number of aromatic nitrogens is 2. The number of rotatable bonds is 6. The van der Waals surface area contributed by atoms with Gasteiger partial charge in [-0.3, -0.25) is 10.2 Å². The number of nitrogens with one attached hydrogen (secondary N) is 1. The third kappa shape index (κ3) is 5.14. The molecule has 1 N–H and O–H groups in total. The van der Waals surface area contributed by atoms with Gasteiger partial charge < -0.3 is 9.47 Å². The monoisotopic (exact) mass is 464 g/mol. The van der Waals surface area contributed by atoms with Crippen LogP contribution in [0.3, 0.4) is 0 Å². The van der Waals surface area contributed by atoms with Gasteiger partial charge in [-0.05, 0) is 55.4 Å². The summed E-state index contributed by atoms with van der Waals surface area (Å²) in [5, 5.41) is 8.56. The second-order valence-electron chi connectivity index (χ2n) is 8.23. The van der Waals surface area contributed by atoms with E-state index in [1.807, 2.05) is 32.0 Å². The minimum Gasteiger partial charge on any atom is -0.452 e. The van der Waals surface area contributed by atoms with Crippen molar-refractivity contribution in [2.45, 2.75) is 39.2 Å². The smallest absolute Gasteiger partial charge is 0.428 e. The van der Waals surface area contributed by atoms with Crippen LogP contribution < -0.4 is 10.2 Å². The van der Waals surface area contributed by atoms with Gasteiger partial charge in [-0.25, -0.2) is 14.2 Å². The average Bonchev–Trinajstić information content (AvgIpc) is 3.66. The molecule has 1 heterocycles. The van der Waals surface area contributed by atoms with Crippen LogP contribution in [0, 0.1) is 19.7 Å². The van der Waals surface area contributed by atoms with E-state index in [2.05, 4.69) is 15.6 Å². The fourth-order valence-corrected chi connectivity index (χ4v) is 3.63. The quantitative estimate of drug-likeness (QED) is 0.526. The Morgan fingerprint density at radius 1 is 1.12 bits per heavy atom. The van der Waals surface area contributed by atoms with Crippen molar-refractivity contribution in [1.82, 2.24) is 20.6 Å². The van der Waals surface area contributed by atoms with Crippen molar-refractivity contribution in [3.05, 3.63) is 82.4 Å². The zero-order valence-electron chi connectivity index (χ0n) is 19.2. The number of hydrogen-bond acceptors (Lipinski definition) is 6. The molecule has 2 amide bonds. The molecule has 0 radical (unpaired) electrons. The van der Waals surface area contributed by atoms with Gasteiger partial charge in [0.25, 0.3) is 5.91 Å². The van der Waals surface area contributed by atoms with Crippen LogP contribution in [0.5, 0.6) is 11.5 Å². The number of ether oxygens (including phenoxy) is 2. The number of carbonyl (C=O) groups is 2. The van der Waals surface area contributed by atoms with Crippen molar-refractivity contribution in [2.24, 2.45) is 0 Å². The molecular formula is C25H25FN4O4. The molecule has 0 atom stereocenters. The molecular weight excluding hydrogens is 439 g/mol. The Bertz CT molecular complexity index is 1230. The maximum absolute atomic E-state index is 14.9. The van der Waals surface area contributed by atoms with Crippen LogP contribution in [-0.2, 0) is 11.3 Å². The van der Waals surface area contributed by atoms with E-state index in [9.17, 15) is 14.0 Å². The largest absolute Gasteiger partial charge is 0.452 e. The maximum atomic E-state index is 14.9. The number of carbonyl (C=O) groups excluding carboxylic acids is 2. The molecule has 1 aliphatic rings. The lowest BCUT2D eigenvalue weighted by Gasteiger charge is -2.23. The molecule has 176 valence electrons. The Balaban J connectivity index is 1.56. The summed E-state index contributed by atoms with van der Waals surface area (Å²) in [6.07, 6.45) is 3.55. The highest BCUT2D eigenvalue weighted by Crippen LogP contribution is 2.43. The maximum Gasteiger partial charge on any atom is 0.428 e. The predicted octanol–water partition coefficient (Wildman–Crippen LogP) is 4.82. The first kappa shape index (κ1) is 23.2. The lowest BCUT2D eigenvalue weighted by molar-refractivity contribution is 0.0688. The third-order valence-corrected chi connectivity index (χ3v) is 5.63. The Hall–Kier alpha value is -4.01. The number of amides is 2. The summed E-state index contributed by atoms with van der Waals surface area (Å²) in [6.45, 7) is 3.97. The summed E-state index contributed by atoms with van der Waals surface area (Å²) < 4.78 is 25.5. The SMILES string of the molecule is COC(=O)N(Cc1ccc(C)cc1C)NC(=O)c1cnncc1Oc1cccc(C2CC2)c1F. The van der Waals surface area contributed by atoms with Crippen LogP contribution in [0.15, 0.2) is 48.8 Å². The van der Waals surface area contributed by atoms with E-state index in [0.29, 0.717) is 5.56 Å². The van der Waals surface area contributed by atoms with Gasteiger partial charge in [-0.15, -0.1) is 0 Å². The normalized spacial score (nSPS) is 12.7. The van der Waals surface area contributed by atoms with Gasteiger partial charge in [0.2, 0.25) is 0 Å². The van der Waals surface area contributed by atoms with Crippen LogP contribution in [-0.4, -0.2) is 34.3 Å². The number of hydrogen-bond donors (Lipinski definition) is 1. The Morgan fingerprint density at radius 3 is 2.59 bits per heavy atom. The summed E-state index contributed by atoms with van der Waals surface area (Å²) in [6, 6.07) is 10.7. The zero-order chi connectivity index (χ0) is 24.2. The van der Waals surface area contributed by atoms with E-state index in [4.69, 9.17) is 9.47 Å². The highest BCUT2D eigenvalue weighted by Gasteiger charge is 2.28. The molecule has 34 heavy (non-hydrogen) atoms. The third-order valence-electron chi connectivity index (χ3n) is 5.63. The fraction of sp³-hybridized carbons (Fsp3) is 0.280. The number of nitrogens with zero attached hydrogens (tertiary/aromatic N) is 3. The van der Waals surface area contributed by atoms with Crippen LogP contribution in [0.4, 0.5) is 9.18 Å². The van der Waals surface area contributed by atoms with Crippen molar-refractivity contribution in [3.63, 3.8) is 0 Å². The minimum absolute atomic E-state index is 0.00782. The van der Waals surface area contributed by atoms with E-state index in [1.165, 1.54) is 25.6 Å². The number of hydrazine groups is 1. The van der Waals surface area contributed by atoms with Crippen LogP contribution in [0.25, 0.3) is 0 Å². The van der Waals surface area contributed by atoms with E-state index in [1.54, 1.807) is 12.1 Å². The molecule has 8 nitrogen and oxygen atoms in total. The Kier molecular flexibility index (Phi) is 6.72. The summed E-state index contributed by atoms with van der Waals surface area (Å²) >= 11 is 0. The second-order valence-corrected chi connectivity index (χ2v) is 8.23. The molecule has 1 saturated carbocycles. The topological polar surface area (TPSA) is 93.7 Å². The average molecular weight is 464 g/mol. The second kappa shape index (κ2) is 9.86. The van der Waals surface area contributed by atoms with E-state index >= 15 is 0 Å². The fourth-order valence-electron chi connectivity index (χ4n) is 3.63. The summed E-state index contributed by atoms with van der Waals surface area (Å²) in [4.78, 5) is 25.5. The van der Waals surface area contributed by atoms with E-state index < -0.39 is 17.8 Å². The van der Waals surface area contributed by atoms with Gasteiger partial charge in [0.1, 0.15) is 5.56 Å². The van der Waals surface area contributed by atoms with E-state index in [-0.39, 0.29) is 29.5 Å². The molecule has 2 aromatic carbocycles. The molecule has 1 aromatic heterocycles. The van der Waals surface area contributed by atoms with Crippen molar-refractivity contribution < 1.29 is 23.5 Å². The standard InChI is InChI=1S/C25H25FN4O4/c1-15-7-8-18(16(2)11-15)14-30(25(32)33-3)29-24(31)20-12-27-28-13-22(20)34-21-6-4-5-19(23(21)26)17-9-10-17/h4-8,11-13,17H,9-10,14H2,1-3H3,(H,29,31). The molecule has 1 aliphatic carbocycles. The highest BCUT2D eigenvalue weighted by atomic mass is 19.1. The van der Waals surface area contributed by atoms with Gasteiger partial charge in [-0.2, -0.15) is 10.2 Å². The van der Waals surface area contributed by atoms with Crippen molar-refractivity contribution in [3.8, 4) is 11.5 Å². The Labute approximate surface area is 196 Å². The molecule has 9 heteroatoms. The lowest BCUT2D eigenvalue weighted by atomic mass is 10.1. The van der Waals surface area contributed by atoms with Gasteiger partial charge >= 0.3 is 6.09 Å². The zero-order valence-corrected chi connectivity index (χ0v) is 19.2. The highest BCUT2D eigenvalue weighted by molar-refractivity contribution is 5.97. The molecule has 0 spiro atoms. The molecule has 0 bridgehead atoms. The molecule has 0 aliphatic heterocycles. The van der Waals surface area contributed by atoms with Crippen molar-refractivity contribution in [1.29, 1.82) is 0 Å². The first-order valence-corrected chi connectivity index (χ1v) is 10.9. The number of halogens is 1. The van der Waals surface area contributed by atoms with Gasteiger partial charge in [-0.1, -0.05) is 35.9 Å². The number of aryl methyl sites for hydroxylation is 2. The van der Waals surface area contributed by atoms with Gasteiger partial charge in [0, 0.05) is 0 Å². The van der Waals surface area contributed by atoms with Crippen LogP contribution >= 0.6 is 0 Å². The first-order chi connectivity index (χ1) is 16.4. The van der Waals surface area contributed by atoms with Crippen molar-refractivity contribution >= 4 is 12.0 Å². The summed E-state index contributed by atoms with van der Waals surface area (Å²) in [7, 11) is 1.22. The van der Waals surface area contributed by atoms with Crippen molar-refractivity contribution in [2.75, 3.05) is 7.11 Å². The predicted molar refractivity (Wildman–Crippen MR) is 122 cm³/mol. The van der Waals surface area contributed by atoms with Crippen LogP contribution in [0.1, 0.15) is 51.4 Å². The van der Waals surface area contributed by atoms with Gasteiger partial charge in [0.15, 0.2) is 17.3 Å². The first-order valence-electron chi connectivity index (χ1n) is 10.9. The summed E-state index contributed by atoms with van der Waals surface area (Å²) in [5.74, 6) is -0.944. The molecule has 3 aromatic rings. The molecule has 0 saturated heterocycles. The number of methoxy groups -OCH3 is 1. The molecule has 1 fully saturated rings. The number of benzene rings is 2. The molecule has 0 unspecified atom stereocenters. The van der Waals surface area contributed by atoms with Crippen LogP contribution in [0.2, 0.25) is 0 Å². The minimum atomic E-state index is -0.749. The van der Waals surface area contributed by atoms with E-state index in [0.717, 1.165) is 34.5 Å². The Morgan fingerprint density at radius 2 is 1.88 bits per heavy atom.